The molecule has 0 bridgehead atoms. The highest BCUT2D eigenvalue weighted by Crippen LogP contribution is 2.41. The first-order valence-corrected chi connectivity index (χ1v) is 13.4. The molecule has 0 heterocycles. The van der Waals surface area contributed by atoms with E-state index in [9.17, 15) is 9.59 Å². The van der Waals surface area contributed by atoms with Gasteiger partial charge in [-0.2, -0.15) is 0 Å². The molecule has 0 saturated carbocycles. The summed E-state index contributed by atoms with van der Waals surface area (Å²) in [6.45, 7) is 6.94. The quantitative estimate of drug-likeness (QED) is 0.0820. The lowest BCUT2D eigenvalue weighted by Gasteiger charge is -2.36. The Morgan fingerprint density at radius 2 is 1.40 bits per heavy atom. The van der Waals surface area contributed by atoms with Crippen LogP contribution < -0.4 is 14.8 Å². The summed E-state index contributed by atoms with van der Waals surface area (Å²) in [5.41, 5.74) is 1.48. The maximum absolute atomic E-state index is 12.6. The third-order valence-corrected chi connectivity index (χ3v) is 6.60. The third kappa shape index (κ3) is 8.60. The molecule has 0 aliphatic heterocycles. The summed E-state index contributed by atoms with van der Waals surface area (Å²) in [6, 6.07) is 24.9. The predicted molar refractivity (Wildman–Crippen MR) is 152 cm³/mol. The normalized spacial score (nSPS) is 11.2. The van der Waals surface area contributed by atoms with Crippen molar-refractivity contribution < 1.29 is 32.8 Å². The number of Topliss-reactive ketones (excluding diaryl/α,β-unsaturated/α-hetero) is 1. The summed E-state index contributed by atoms with van der Waals surface area (Å²) in [4.78, 5) is 27.8. The smallest absolute Gasteiger partial charge is 0.238 e. The summed E-state index contributed by atoms with van der Waals surface area (Å²) in [6.07, 6.45) is 0.0236. The third-order valence-electron chi connectivity index (χ3n) is 6.02. The standard InChI is InChI=1S/C30H33N2O7P/c1-31-19-20-38-40-39-21-26(33)13-18-29(34)32-22-37-30(23-7-5-4-6-8-23,24-9-14-27(35-2)15-10-24)25-11-16-28(36-3)17-12-25/h4-12,14-17,40H,13,18-22H2,2-3H3,(H,32,34). The molecule has 0 spiro atoms. The molecule has 40 heavy (non-hydrogen) atoms. The lowest BCUT2D eigenvalue weighted by molar-refractivity contribution is -0.128. The number of nitrogens with zero attached hydrogens (tertiary/aromatic N) is 1. The van der Waals surface area contributed by atoms with Crippen molar-refractivity contribution in [2.75, 3.05) is 40.7 Å². The topological polar surface area (TPSA) is 96.7 Å². The van der Waals surface area contributed by atoms with Crippen LogP contribution in [-0.2, 0) is 29.0 Å². The Bertz CT molecular complexity index is 1200. The summed E-state index contributed by atoms with van der Waals surface area (Å²) in [5, 5.41) is 2.78. The minimum atomic E-state index is -1.06. The summed E-state index contributed by atoms with van der Waals surface area (Å²) in [7, 11) is 2.90. The number of ether oxygens (including phenoxy) is 3. The number of benzene rings is 3. The van der Waals surface area contributed by atoms with Gasteiger partial charge in [0, 0.05) is 12.8 Å². The van der Waals surface area contributed by atoms with Crippen LogP contribution in [0.25, 0.3) is 4.85 Å². The molecule has 9 nitrogen and oxygen atoms in total. The first-order valence-electron chi connectivity index (χ1n) is 12.6. The Hall–Kier alpha value is -3.80. The van der Waals surface area contributed by atoms with Gasteiger partial charge in [-0.1, -0.05) is 54.6 Å². The highest BCUT2D eigenvalue weighted by atomic mass is 31.1. The van der Waals surface area contributed by atoms with Crippen LogP contribution in [0.2, 0.25) is 0 Å². The molecule has 0 saturated heterocycles. The van der Waals surface area contributed by atoms with Crippen LogP contribution >= 0.6 is 9.03 Å². The minimum absolute atomic E-state index is 0.00332. The van der Waals surface area contributed by atoms with Crippen molar-refractivity contribution in [3.63, 3.8) is 0 Å². The van der Waals surface area contributed by atoms with Gasteiger partial charge in [-0.15, -0.1) is 0 Å². The van der Waals surface area contributed by atoms with E-state index in [0.29, 0.717) is 11.5 Å². The van der Waals surface area contributed by atoms with E-state index in [2.05, 4.69) is 10.2 Å². The van der Waals surface area contributed by atoms with Crippen molar-refractivity contribution in [3.8, 4) is 11.5 Å². The Morgan fingerprint density at radius 1 is 0.825 bits per heavy atom. The first kappa shape index (κ1) is 30.7. The fourth-order valence-corrected chi connectivity index (χ4v) is 4.48. The van der Waals surface area contributed by atoms with Gasteiger partial charge in [-0.25, -0.2) is 6.57 Å². The van der Waals surface area contributed by atoms with Gasteiger partial charge in [0.25, 0.3) is 0 Å². The van der Waals surface area contributed by atoms with Crippen molar-refractivity contribution in [1.82, 2.24) is 5.32 Å². The molecule has 10 heteroatoms. The maximum atomic E-state index is 12.6. The van der Waals surface area contributed by atoms with Crippen LogP contribution in [0.5, 0.6) is 11.5 Å². The van der Waals surface area contributed by atoms with Crippen LogP contribution in [0.15, 0.2) is 78.9 Å². The maximum Gasteiger partial charge on any atom is 0.238 e. The van der Waals surface area contributed by atoms with Crippen LogP contribution in [0.3, 0.4) is 0 Å². The van der Waals surface area contributed by atoms with Gasteiger partial charge in [0.15, 0.2) is 14.8 Å². The molecule has 3 rings (SSSR count). The molecule has 1 unspecified atom stereocenters. The van der Waals surface area contributed by atoms with Gasteiger partial charge in [-0.05, 0) is 41.0 Å². The zero-order chi connectivity index (χ0) is 28.6. The van der Waals surface area contributed by atoms with Crippen LogP contribution in [0, 0.1) is 6.57 Å². The van der Waals surface area contributed by atoms with Gasteiger partial charge in [0.05, 0.1) is 14.2 Å². The summed E-state index contributed by atoms with van der Waals surface area (Å²) in [5.74, 6) is 0.874. The molecular formula is C30H33N2O7P. The van der Waals surface area contributed by atoms with E-state index in [1.54, 1.807) is 14.2 Å². The molecule has 0 aromatic heterocycles. The zero-order valence-electron chi connectivity index (χ0n) is 22.6. The van der Waals surface area contributed by atoms with E-state index < -0.39 is 5.60 Å². The Kier molecular flexibility index (Phi) is 12.6. The van der Waals surface area contributed by atoms with Crippen molar-refractivity contribution in [2.45, 2.75) is 18.4 Å². The Labute approximate surface area is 236 Å². The highest BCUT2D eigenvalue weighted by molar-refractivity contribution is 7.26. The number of hydrogen-bond donors (Lipinski definition) is 1. The van der Waals surface area contributed by atoms with Crippen LogP contribution in [-0.4, -0.2) is 52.4 Å². The second-order valence-corrected chi connectivity index (χ2v) is 9.28. The van der Waals surface area contributed by atoms with Crippen molar-refractivity contribution in [1.29, 1.82) is 0 Å². The molecule has 0 fully saturated rings. The zero-order valence-corrected chi connectivity index (χ0v) is 23.6. The lowest BCUT2D eigenvalue weighted by atomic mass is 9.80. The summed E-state index contributed by atoms with van der Waals surface area (Å²) >= 11 is 0. The molecule has 1 amide bonds. The summed E-state index contributed by atoms with van der Waals surface area (Å²) < 4.78 is 27.5. The van der Waals surface area contributed by atoms with Gasteiger partial charge >= 0.3 is 0 Å². The number of hydrogen-bond acceptors (Lipinski definition) is 7. The van der Waals surface area contributed by atoms with E-state index >= 15 is 0 Å². The SMILES string of the molecule is [C-]#[N+]CCOPOCC(=O)CCC(=O)NCOC(c1ccccc1)(c1ccc(OC)cc1)c1ccc(OC)cc1. The van der Waals surface area contributed by atoms with E-state index in [-0.39, 0.29) is 60.1 Å². The van der Waals surface area contributed by atoms with E-state index in [0.717, 1.165) is 16.7 Å². The highest BCUT2D eigenvalue weighted by Gasteiger charge is 2.38. The van der Waals surface area contributed by atoms with Crippen molar-refractivity contribution in [3.05, 3.63) is 107 Å². The molecule has 0 radical (unpaired) electrons. The Morgan fingerprint density at radius 3 is 1.95 bits per heavy atom. The second kappa shape index (κ2) is 16.3. The molecule has 1 N–H and O–H groups in total. The van der Waals surface area contributed by atoms with Gasteiger partial charge in [0.2, 0.25) is 12.5 Å². The van der Waals surface area contributed by atoms with E-state index in [1.807, 2.05) is 78.9 Å². The van der Waals surface area contributed by atoms with Gasteiger partial charge < -0.3 is 33.4 Å². The van der Waals surface area contributed by atoms with E-state index in [1.165, 1.54) is 0 Å². The molecule has 1 atom stereocenters. The average molecular weight is 565 g/mol. The average Bonchev–Trinajstić information content (AvgIpc) is 3.00. The van der Waals surface area contributed by atoms with Crippen LogP contribution in [0.1, 0.15) is 29.5 Å². The molecule has 210 valence electrons. The fraction of sp³-hybridized carbons (Fsp3) is 0.300. The van der Waals surface area contributed by atoms with Gasteiger partial charge in [-0.3, -0.25) is 9.59 Å². The number of methoxy groups -OCH3 is 2. The largest absolute Gasteiger partial charge is 0.497 e. The molecule has 0 aliphatic carbocycles. The number of nitrogens with one attached hydrogen (secondary N) is 1. The van der Waals surface area contributed by atoms with Crippen molar-refractivity contribution in [2.24, 2.45) is 0 Å². The number of carbonyl (C=O) groups is 2. The molecule has 3 aromatic rings. The molecule has 3 aromatic carbocycles. The minimum Gasteiger partial charge on any atom is -0.497 e. The monoisotopic (exact) mass is 564 g/mol. The first-order chi connectivity index (χ1) is 19.5. The lowest BCUT2D eigenvalue weighted by Crippen LogP contribution is -2.38. The number of amides is 1. The Balaban J connectivity index is 1.73. The van der Waals surface area contributed by atoms with Crippen LogP contribution in [0.4, 0.5) is 0 Å². The number of ketones is 1. The van der Waals surface area contributed by atoms with E-state index in [4.69, 9.17) is 29.8 Å². The molecule has 0 aliphatic rings. The second-order valence-electron chi connectivity index (χ2n) is 8.53. The van der Waals surface area contributed by atoms with Crippen molar-refractivity contribution >= 4 is 20.7 Å². The predicted octanol–water partition coefficient (Wildman–Crippen LogP) is 4.90. The number of carbonyl (C=O) groups excluding carboxylic acids is 2. The van der Waals surface area contributed by atoms with Gasteiger partial charge in [0.1, 0.15) is 37.0 Å². The fourth-order valence-electron chi connectivity index (χ4n) is 4.00. The number of rotatable bonds is 17. The molecular weight excluding hydrogens is 531 g/mol.